The van der Waals surface area contributed by atoms with Crippen molar-refractivity contribution in [1.82, 2.24) is 15.1 Å². The van der Waals surface area contributed by atoms with E-state index in [1.54, 1.807) is 19.2 Å². The number of amides is 2. The van der Waals surface area contributed by atoms with Crippen molar-refractivity contribution in [3.05, 3.63) is 41.2 Å². The van der Waals surface area contributed by atoms with Crippen LogP contribution in [0.15, 0.2) is 24.4 Å². The Kier molecular flexibility index (Phi) is 4.74. The lowest BCUT2D eigenvalue weighted by Gasteiger charge is -2.24. The Morgan fingerprint density at radius 1 is 1.40 bits per heavy atom. The number of phenolic OH excluding ortho intramolecular Hbond substituents is 1. The lowest BCUT2D eigenvalue weighted by molar-refractivity contribution is -0.115. The quantitative estimate of drug-likeness (QED) is 0.743. The summed E-state index contributed by atoms with van der Waals surface area (Å²) in [6.45, 7) is 1.75. The first-order chi connectivity index (χ1) is 12.0. The van der Waals surface area contributed by atoms with Gasteiger partial charge in [-0.25, -0.2) is 0 Å². The van der Waals surface area contributed by atoms with Gasteiger partial charge in [0.25, 0.3) is 5.91 Å². The Morgan fingerprint density at radius 3 is 2.96 bits per heavy atom. The van der Waals surface area contributed by atoms with E-state index in [1.165, 1.54) is 12.1 Å². The summed E-state index contributed by atoms with van der Waals surface area (Å²) in [7, 11) is 1.90. The third-order valence-electron chi connectivity index (χ3n) is 4.53. The Hall–Kier alpha value is -2.83. The Morgan fingerprint density at radius 2 is 2.20 bits per heavy atom. The second-order valence-electron chi connectivity index (χ2n) is 6.22. The maximum atomic E-state index is 12.6. The third-order valence-corrected chi connectivity index (χ3v) is 4.53. The van der Waals surface area contributed by atoms with E-state index < -0.39 is 0 Å². The molecule has 0 aliphatic heterocycles. The van der Waals surface area contributed by atoms with Gasteiger partial charge in [0.05, 0.1) is 17.8 Å². The number of carbonyl (C=O) groups excluding carboxylic acids is 2. The van der Waals surface area contributed by atoms with E-state index in [2.05, 4.69) is 15.7 Å². The number of aryl methyl sites for hydroxylation is 1. The average Bonchev–Trinajstić information content (AvgIpc) is 2.99. The van der Waals surface area contributed by atoms with Gasteiger partial charge in [-0.15, -0.1) is 0 Å². The predicted octanol–water partition coefficient (Wildman–Crippen LogP) is 2.28. The van der Waals surface area contributed by atoms with E-state index >= 15 is 0 Å². The molecule has 3 rings (SSSR count). The van der Waals surface area contributed by atoms with Crippen molar-refractivity contribution in [1.29, 1.82) is 0 Å². The number of carbonyl (C=O) groups is 2. The Balaban J connectivity index is 1.80. The molecule has 2 amide bonds. The van der Waals surface area contributed by atoms with Crippen LogP contribution in [0, 0.1) is 0 Å². The molecule has 7 nitrogen and oxygen atoms in total. The molecule has 1 aromatic carbocycles. The molecule has 132 valence electrons. The molecule has 0 saturated heterocycles. The van der Waals surface area contributed by atoms with Crippen molar-refractivity contribution in [2.75, 3.05) is 5.32 Å². The van der Waals surface area contributed by atoms with Crippen molar-refractivity contribution in [3.63, 3.8) is 0 Å². The number of hydrogen-bond acceptors (Lipinski definition) is 4. The van der Waals surface area contributed by atoms with E-state index in [0.717, 1.165) is 30.5 Å². The van der Waals surface area contributed by atoms with Crippen LogP contribution in [-0.4, -0.2) is 26.7 Å². The number of nitrogens with one attached hydrogen (secondary N) is 2. The second kappa shape index (κ2) is 6.96. The molecule has 1 aliphatic rings. The predicted molar refractivity (Wildman–Crippen MR) is 93.4 cm³/mol. The molecule has 1 aliphatic carbocycles. The van der Waals surface area contributed by atoms with Gasteiger partial charge >= 0.3 is 0 Å². The molecule has 1 heterocycles. The topological polar surface area (TPSA) is 96.2 Å². The molecular weight excluding hydrogens is 320 g/mol. The smallest absolute Gasteiger partial charge is 0.255 e. The molecule has 25 heavy (non-hydrogen) atoms. The molecule has 0 radical (unpaired) electrons. The molecule has 1 aromatic heterocycles. The van der Waals surface area contributed by atoms with Crippen LogP contribution < -0.4 is 10.6 Å². The van der Waals surface area contributed by atoms with Crippen LogP contribution in [0.2, 0.25) is 0 Å². The molecule has 1 atom stereocenters. The van der Waals surface area contributed by atoms with Gasteiger partial charge in [-0.1, -0.05) is 6.92 Å². The summed E-state index contributed by atoms with van der Waals surface area (Å²) in [6.07, 6.45) is 4.88. The highest BCUT2D eigenvalue weighted by atomic mass is 16.3. The van der Waals surface area contributed by atoms with Crippen molar-refractivity contribution in [2.45, 2.75) is 38.6 Å². The standard InChI is InChI=1S/C18H22N4O3/c1-3-17(24)20-11-7-8-16(23)12(9-11)18(25)21-14-5-4-6-15-13(14)10-19-22(15)2/h7-10,14,23H,3-6H2,1-2H3,(H,20,24)(H,21,25)/t14-/m1/s1. The minimum atomic E-state index is -0.369. The van der Waals surface area contributed by atoms with Crippen molar-refractivity contribution >= 4 is 17.5 Å². The minimum Gasteiger partial charge on any atom is -0.507 e. The van der Waals surface area contributed by atoms with Gasteiger partial charge in [0.1, 0.15) is 5.75 Å². The number of fused-ring (bicyclic) bond motifs is 1. The molecular formula is C18H22N4O3. The molecule has 7 heteroatoms. The zero-order chi connectivity index (χ0) is 18.0. The zero-order valence-electron chi connectivity index (χ0n) is 14.4. The van der Waals surface area contributed by atoms with Crippen molar-refractivity contribution in [3.8, 4) is 5.75 Å². The summed E-state index contributed by atoms with van der Waals surface area (Å²) in [5.41, 5.74) is 2.78. The van der Waals surface area contributed by atoms with Gasteiger partial charge in [-0.2, -0.15) is 5.10 Å². The fourth-order valence-corrected chi connectivity index (χ4v) is 3.14. The maximum absolute atomic E-state index is 12.6. The van der Waals surface area contributed by atoms with Crippen molar-refractivity contribution in [2.24, 2.45) is 7.05 Å². The fraction of sp³-hybridized carbons (Fsp3) is 0.389. The maximum Gasteiger partial charge on any atom is 0.255 e. The highest BCUT2D eigenvalue weighted by Crippen LogP contribution is 2.30. The van der Waals surface area contributed by atoms with Crippen LogP contribution in [0.3, 0.4) is 0 Å². The minimum absolute atomic E-state index is 0.116. The highest BCUT2D eigenvalue weighted by molar-refractivity contribution is 5.99. The summed E-state index contributed by atoms with van der Waals surface area (Å²) in [5, 5.41) is 20.0. The summed E-state index contributed by atoms with van der Waals surface area (Å²) < 4.78 is 1.84. The number of aromatic hydroxyl groups is 1. The third kappa shape index (κ3) is 3.50. The number of benzene rings is 1. The number of nitrogens with zero attached hydrogens (tertiary/aromatic N) is 2. The monoisotopic (exact) mass is 342 g/mol. The lowest BCUT2D eigenvalue weighted by atomic mass is 9.92. The number of hydrogen-bond donors (Lipinski definition) is 3. The SMILES string of the molecule is CCC(=O)Nc1ccc(O)c(C(=O)N[C@@H]2CCCc3c2cnn3C)c1. The number of aromatic nitrogens is 2. The van der Waals surface area contributed by atoms with Gasteiger partial charge in [-0.05, 0) is 37.5 Å². The second-order valence-corrected chi connectivity index (χ2v) is 6.22. The molecule has 2 aromatic rings. The fourth-order valence-electron chi connectivity index (χ4n) is 3.14. The first-order valence-electron chi connectivity index (χ1n) is 8.44. The largest absolute Gasteiger partial charge is 0.507 e. The summed E-state index contributed by atoms with van der Waals surface area (Å²) in [5.74, 6) is -0.634. The van der Waals surface area contributed by atoms with Crippen molar-refractivity contribution < 1.29 is 14.7 Å². The first kappa shape index (κ1) is 17.0. The van der Waals surface area contributed by atoms with E-state index in [0.29, 0.717) is 12.1 Å². The molecule has 0 unspecified atom stereocenters. The molecule has 0 fully saturated rings. The summed E-state index contributed by atoms with van der Waals surface area (Å²) in [6, 6.07) is 4.35. The average molecular weight is 342 g/mol. The van der Waals surface area contributed by atoms with Gasteiger partial charge in [0, 0.05) is 30.4 Å². The summed E-state index contributed by atoms with van der Waals surface area (Å²) >= 11 is 0. The van der Waals surface area contributed by atoms with Crippen LogP contribution in [0.4, 0.5) is 5.69 Å². The molecule has 3 N–H and O–H groups in total. The molecule has 0 saturated carbocycles. The van der Waals surface area contributed by atoms with Crippen LogP contribution in [0.5, 0.6) is 5.75 Å². The van der Waals surface area contributed by atoms with Gasteiger partial charge in [-0.3, -0.25) is 14.3 Å². The van der Waals surface area contributed by atoms with Gasteiger partial charge in [0.15, 0.2) is 0 Å². The van der Waals surface area contributed by atoms with Crippen LogP contribution in [-0.2, 0) is 18.3 Å². The van der Waals surface area contributed by atoms with Crippen LogP contribution in [0.1, 0.15) is 53.8 Å². The van der Waals surface area contributed by atoms with E-state index in [4.69, 9.17) is 0 Å². The molecule has 0 bridgehead atoms. The number of phenols is 1. The van der Waals surface area contributed by atoms with Crippen LogP contribution in [0.25, 0.3) is 0 Å². The van der Waals surface area contributed by atoms with Gasteiger partial charge < -0.3 is 15.7 Å². The van der Waals surface area contributed by atoms with Gasteiger partial charge in [0.2, 0.25) is 5.91 Å². The van der Waals surface area contributed by atoms with E-state index in [9.17, 15) is 14.7 Å². The van der Waals surface area contributed by atoms with E-state index in [-0.39, 0.29) is 29.2 Å². The van der Waals surface area contributed by atoms with E-state index in [1.807, 2.05) is 11.7 Å². The first-order valence-corrected chi connectivity index (χ1v) is 8.44. The number of anilines is 1. The number of rotatable bonds is 4. The normalized spacial score (nSPS) is 16.2. The van der Waals surface area contributed by atoms with Crippen LogP contribution >= 0.6 is 0 Å². The summed E-state index contributed by atoms with van der Waals surface area (Å²) in [4.78, 5) is 24.2. The highest BCUT2D eigenvalue weighted by Gasteiger charge is 2.26. The Labute approximate surface area is 146 Å². The zero-order valence-corrected chi connectivity index (χ0v) is 14.4. The lowest BCUT2D eigenvalue weighted by Crippen LogP contribution is -2.31. The Bertz CT molecular complexity index is 813. The molecule has 0 spiro atoms.